The van der Waals surface area contributed by atoms with Gasteiger partial charge in [0, 0.05) is 12.1 Å². The molecule has 0 spiro atoms. The van der Waals surface area contributed by atoms with Crippen LogP contribution in [0.3, 0.4) is 0 Å². The van der Waals surface area contributed by atoms with Crippen molar-refractivity contribution >= 4 is 11.8 Å². The van der Waals surface area contributed by atoms with E-state index in [2.05, 4.69) is 24.2 Å². The minimum Gasteiger partial charge on any atom is -0.326 e. The summed E-state index contributed by atoms with van der Waals surface area (Å²) >= 11 is 1.83. The van der Waals surface area contributed by atoms with Crippen LogP contribution in [0.2, 0.25) is 0 Å². The summed E-state index contributed by atoms with van der Waals surface area (Å²) in [5, 5.41) is 5.80. The molecule has 3 nitrogen and oxygen atoms in total. The first-order valence-corrected chi connectivity index (χ1v) is 7.23. The number of thioether (sulfide) groups is 1. The van der Waals surface area contributed by atoms with Crippen LogP contribution < -0.4 is 5.73 Å². The maximum atomic E-state index is 5.85. The van der Waals surface area contributed by atoms with E-state index >= 15 is 0 Å². The van der Waals surface area contributed by atoms with E-state index in [-0.39, 0.29) is 0 Å². The highest BCUT2D eigenvalue weighted by Gasteiger charge is 2.15. The third-order valence-electron chi connectivity index (χ3n) is 2.79. The van der Waals surface area contributed by atoms with E-state index in [1.54, 1.807) is 0 Å². The fraction of sp³-hybridized carbons (Fsp3) is 0.357. The quantitative estimate of drug-likeness (QED) is 0.841. The maximum Gasteiger partial charge on any atom is 0.105 e. The molecule has 0 radical (unpaired) electrons. The Hall–Kier alpha value is -1.26. The second kappa shape index (κ2) is 6.07. The van der Waals surface area contributed by atoms with E-state index in [1.165, 1.54) is 5.03 Å². The van der Waals surface area contributed by atoms with Crippen LogP contribution in [0.15, 0.2) is 35.4 Å². The molecular formula is C14H19N3S. The fourth-order valence-electron chi connectivity index (χ4n) is 1.86. The van der Waals surface area contributed by atoms with Crippen LogP contribution in [0, 0.1) is 6.92 Å². The lowest BCUT2D eigenvalue weighted by Crippen LogP contribution is -2.01. The molecule has 1 heterocycles. The summed E-state index contributed by atoms with van der Waals surface area (Å²) in [7, 11) is 0. The summed E-state index contributed by atoms with van der Waals surface area (Å²) in [5.74, 6) is 1.09. The predicted molar refractivity (Wildman–Crippen MR) is 77.2 cm³/mol. The van der Waals surface area contributed by atoms with Gasteiger partial charge < -0.3 is 5.73 Å². The molecule has 0 amide bonds. The normalized spacial score (nSPS) is 10.8. The molecule has 0 aliphatic carbocycles. The summed E-state index contributed by atoms with van der Waals surface area (Å²) in [6.07, 6.45) is 1.15. The highest BCUT2D eigenvalue weighted by atomic mass is 32.2. The van der Waals surface area contributed by atoms with Crippen molar-refractivity contribution in [3.63, 3.8) is 0 Å². The monoisotopic (exact) mass is 261 g/mol. The lowest BCUT2D eigenvalue weighted by molar-refractivity contribution is 0.788. The number of rotatable bonds is 5. The Labute approximate surface area is 112 Å². The van der Waals surface area contributed by atoms with Crippen molar-refractivity contribution in [1.82, 2.24) is 9.78 Å². The van der Waals surface area contributed by atoms with Gasteiger partial charge in [-0.2, -0.15) is 5.10 Å². The van der Waals surface area contributed by atoms with Gasteiger partial charge in [0.25, 0.3) is 0 Å². The number of benzene rings is 1. The third-order valence-corrected chi connectivity index (χ3v) is 4.09. The minimum absolute atomic E-state index is 0.546. The Bertz CT molecular complexity index is 505. The van der Waals surface area contributed by atoms with Crippen LogP contribution in [-0.2, 0) is 6.54 Å². The highest BCUT2D eigenvalue weighted by molar-refractivity contribution is 7.99. The summed E-state index contributed by atoms with van der Waals surface area (Å²) < 4.78 is 2.01. The largest absolute Gasteiger partial charge is 0.326 e. The molecule has 0 bridgehead atoms. The molecule has 96 valence electrons. The molecule has 4 heteroatoms. The molecule has 0 aliphatic heterocycles. The Morgan fingerprint density at radius 1 is 1.28 bits per heavy atom. The first-order valence-electron chi connectivity index (χ1n) is 6.24. The molecule has 0 saturated carbocycles. The van der Waals surface area contributed by atoms with E-state index in [9.17, 15) is 0 Å². The molecule has 18 heavy (non-hydrogen) atoms. The Morgan fingerprint density at radius 3 is 2.61 bits per heavy atom. The fourth-order valence-corrected chi connectivity index (χ4v) is 2.94. The van der Waals surface area contributed by atoms with Crippen LogP contribution in [0.5, 0.6) is 0 Å². The van der Waals surface area contributed by atoms with Gasteiger partial charge in [0.2, 0.25) is 0 Å². The molecular weight excluding hydrogens is 242 g/mol. The molecule has 0 aliphatic rings. The summed E-state index contributed by atoms with van der Waals surface area (Å²) in [5.41, 5.74) is 9.14. The van der Waals surface area contributed by atoms with Crippen molar-refractivity contribution in [2.24, 2.45) is 5.73 Å². The van der Waals surface area contributed by atoms with E-state index in [1.807, 2.05) is 41.6 Å². The number of hydrogen-bond donors (Lipinski definition) is 1. The predicted octanol–water partition coefficient (Wildman–Crippen LogP) is 3.14. The topological polar surface area (TPSA) is 43.8 Å². The number of para-hydroxylation sites is 1. The van der Waals surface area contributed by atoms with Gasteiger partial charge in [0.15, 0.2) is 0 Å². The standard InChI is InChI=1S/C14H19N3S/c1-3-9-18-14-13(10-15)11(2)16-17(14)12-7-5-4-6-8-12/h4-8H,3,9-10,15H2,1-2H3. The maximum absolute atomic E-state index is 5.85. The Balaban J connectivity index is 2.46. The molecule has 2 rings (SSSR count). The van der Waals surface area contributed by atoms with Gasteiger partial charge in [-0.05, 0) is 31.2 Å². The summed E-state index contributed by atoms with van der Waals surface area (Å²) in [6.45, 7) is 4.76. The van der Waals surface area contributed by atoms with Gasteiger partial charge in [-0.15, -0.1) is 11.8 Å². The lowest BCUT2D eigenvalue weighted by atomic mass is 10.3. The average Bonchev–Trinajstić information content (AvgIpc) is 2.73. The van der Waals surface area contributed by atoms with Crippen molar-refractivity contribution < 1.29 is 0 Å². The van der Waals surface area contributed by atoms with Crippen LogP contribution in [0.4, 0.5) is 0 Å². The van der Waals surface area contributed by atoms with Crippen molar-refractivity contribution in [1.29, 1.82) is 0 Å². The SMILES string of the molecule is CCCSc1c(CN)c(C)nn1-c1ccccc1. The molecule has 0 atom stereocenters. The number of aromatic nitrogens is 2. The number of aryl methyl sites for hydroxylation is 1. The highest BCUT2D eigenvalue weighted by Crippen LogP contribution is 2.28. The first-order chi connectivity index (χ1) is 8.77. The molecule has 2 aromatic rings. The van der Waals surface area contributed by atoms with Gasteiger partial charge in [0.1, 0.15) is 5.03 Å². The van der Waals surface area contributed by atoms with Crippen LogP contribution in [0.1, 0.15) is 24.6 Å². The van der Waals surface area contributed by atoms with Gasteiger partial charge in [-0.3, -0.25) is 0 Å². The van der Waals surface area contributed by atoms with E-state index in [0.29, 0.717) is 6.54 Å². The van der Waals surface area contributed by atoms with Crippen molar-refractivity contribution in [3.05, 3.63) is 41.6 Å². The molecule has 1 aromatic carbocycles. The van der Waals surface area contributed by atoms with E-state index < -0.39 is 0 Å². The molecule has 0 fully saturated rings. The smallest absolute Gasteiger partial charge is 0.105 e. The van der Waals surface area contributed by atoms with E-state index in [0.717, 1.165) is 29.1 Å². The van der Waals surface area contributed by atoms with Crippen molar-refractivity contribution in [3.8, 4) is 5.69 Å². The van der Waals surface area contributed by atoms with Gasteiger partial charge in [-0.25, -0.2) is 4.68 Å². The Kier molecular flexibility index (Phi) is 4.44. The second-order valence-corrected chi connectivity index (χ2v) is 5.25. The summed E-state index contributed by atoms with van der Waals surface area (Å²) in [6, 6.07) is 10.2. The zero-order valence-corrected chi connectivity index (χ0v) is 11.7. The second-order valence-electron chi connectivity index (χ2n) is 4.17. The number of nitrogens with zero attached hydrogens (tertiary/aromatic N) is 2. The molecule has 0 unspecified atom stereocenters. The van der Waals surface area contributed by atoms with Crippen LogP contribution in [-0.4, -0.2) is 15.5 Å². The Morgan fingerprint density at radius 2 is 2.00 bits per heavy atom. The first kappa shape index (κ1) is 13.2. The molecule has 2 N–H and O–H groups in total. The van der Waals surface area contributed by atoms with Gasteiger partial charge >= 0.3 is 0 Å². The van der Waals surface area contributed by atoms with Crippen LogP contribution in [0.25, 0.3) is 5.69 Å². The van der Waals surface area contributed by atoms with Crippen molar-refractivity contribution in [2.75, 3.05) is 5.75 Å². The summed E-state index contributed by atoms with van der Waals surface area (Å²) in [4.78, 5) is 0. The zero-order chi connectivity index (χ0) is 13.0. The van der Waals surface area contributed by atoms with Gasteiger partial charge in [0.05, 0.1) is 11.4 Å². The molecule has 0 saturated heterocycles. The lowest BCUT2D eigenvalue weighted by Gasteiger charge is -2.08. The van der Waals surface area contributed by atoms with Crippen molar-refractivity contribution in [2.45, 2.75) is 31.8 Å². The zero-order valence-electron chi connectivity index (χ0n) is 10.9. The average molecular weight is 261 g/mol. The molecule has 1 aromatic heterocycles. The number of hydrogen-bond acceptors (Lipinski definition) is 3. The van der Waals surface area contributed by atoms with Gasteiger partial charge in [-0.1, -0.05) is 25.1 Å². The van der Waals surface area contributed by atoms with E-state index in [4.69, 9.17) is 5.73 Å². The third kappa shape index (κ3) is 2.60. The van der Waals surface area contributed by atoms with Crippen LogP contribution >= 0.6 is 11.8 Å². The number of nitrogens with two attached hydrogens (primary N) is 1. The minimum atomic E-state index is 0.546.